The second-order valence-corrected chi connectivity index (χ2v) is 21.8. The van der Waals surface area contributed by atoms with Crippen molar-refractivity contribution in [1.29, 1.82) is 0 Å². The smallest absolute Gasteiger partial charge is 0.326 e. The number of nitrogens with zero attached hydrogens (tertiary/aromatic N) is 2. The highest BCUT2D eigenvalue weighted by Gasteiger charge is 2.41. The second-order valence-electron chi connectivity index (χ2n) is 21.8. The van der Waals surface area contributed by atoms with Gasteiger partial charge in [0, 0.05) is 38.8 Å². The quantitative estimate of drug-likeness (QED) is 0.0141. The van der Waals surface area contributed by atoms with E-state index in [-0.39, 0.29) is 93.4 Å². The maximum absolute atomic E-state index is 14.9. The van der Waals surface area contributed by atoms with Crippen LogP contribution in [-0.4, -0.2) is 180 Å². The summed E-state index contributed by atoms with van der Waals surface area (Å²) >= 11 is 0. The van der Waals surface area contributed by atoms with Crippen molar-refractivity contribution < 1.29 is 83.7 Å². The standard InChI is InChI=1S/C60H78N12O17/c1-32(2)50(71-51(80)41(61)27-33-7-15-37(74)16-8-33)57(86)67-44(28-34-9-17-38(75)18-10-34)54(83)66-43(23-24-49(78)79)53(82)68-45(29-35-11-19-39(76)20-12-35)58(87)72-26-4-6-48(72)56(85)70-47(31-73)55(84)65-42(5-3-25-64-60(62)63)52(81)69-46(59(88)89)30-36-13-21-40(77)22-14-36/h7-22,32,41-48,50,73-77H,3-6,23-31,61H2,1-2H3,(H,65,84)(H,66,83)(H,67,86)(H,68,82)(H,69,81)(H,70,85)(H,71,80)(H,78,79)(H,88,89)(H4,62,63,64)/t41-,42-,43-,44-,45-,46-,47-,48-,50-/m0/s1. The molecule has 0 aromatic heterocycles. The lowest BCUT2D eigenvalue weighted by Crippen LogP contribution is -2.61. The van der Waals surface area contributed by atoms with Crippen molar-refractivity contribution in [3.63, 3.8) is 0 Å². The van der Waals surface area contributed by atoms with Gasteiger partial charge in [0.2, 0.25) is 47.3 Å². The summed E-state index contributed by atoms with van der Waals surface area (Å²) in [5.41, 5.74) is 18.9. The topological polar surface area (TPSA) is 490 Å². The van der Waals surface area contributed by atoms with Crippen LogP contribution in [0.2, 0.25) is 0 Å². The predicted octanol–water partition coefficient (Wildman–Crippen LogP) is -1.86. The molecular formula is C60H78N12O17. The number of carbonyl (C=O) groups excluding carboxylic acids is 8. The van der Waals surface area contributed by atoms with Crippen molar-refractivity contribution >= 4 is 65.2 Å². The van der Waals surface area contributed by atoms with E-state index in [0.29, 0.717) is 22.3 Å². The number of benzene rings is 4. The highest BCUT2D eigenvalue weighted by molar-refractivity contribution is 5.98. The lowest BCUT2D eigenvalue weighted by Gasteiger charge is -2.31. The van der Waals surface area contributed by atoms with Gasteiger partial charge in [-0.2, -0.15) is 0 Å². The Bertz CT molecular complexity index is 3130. The van der Waals surface area contributed by atoms with Crippen molar-refractivity contribution in [3.05, 3.63) is 119 Å². The second kappa shape index (κ2) is 33.8. The number of aliphatic hydroxyl groups excluding tert-OH is 1. The third-order valence-electron chi connectivity index (χ3n) is 14.5. The number of aliphatic imine (C=N–C) groups is 1. The molecule has 0 radical (unpaired) electrons. The summed E-state index contributed by atoms with van der Waals surface area (Å²) < 4.78 is 0. The van der Waals surface area contributed by atoms with E-state index < -0.39 is 139 Å². The monoisotopic (exact) mass is 1240 g/mol. The number of guanidine groups is 1. The minimum atomic E-state index is -1.76. The minimum Gasteiger partial charge on any atom is -0.508 e. The third-order valence-corrected chi connectivity index (χ3v) is 14.5. The Morgan fingerprint density at radius 3 is 1.40 bits per heavy atom. The molecule has 0 saturated carbocycles. The number of aliphatic carboxylic acids is 2. The first-order valence-electron chi connectivity index (χ1n) is 28.6. The molecule has 0 spiro atoms. The van der Waals surface area contributed by atoms with E-state index in [1.54, 1.807) is 26.0 Å². The van der Waals surface area contributed by atoms with Crippen LogP contribution < -0.4 is 54.4 Å². The van der Waals surface area contributed by atoms with Gasteiger partial charge in [0.05, 0.1) is 12.6 Å². The average molecular weight is 1240 g/mol. The van der Waals surface area contributed by atoms with Gasteiger partial charge in [0.25, 0.3) is 0 Å². The first-order chi connectivity index (χ1) is 42.2. The Labute approximate surface area is 511 Å². The zero-order valence-corrected chi connectivity index (χ0v) is 49.0. The summed E-state index contributed by atoms with van der Waals surface area (Å²) in [6.45, 7) is 2.13. The molecule has 5 rings (SSSR count). The number of nitrogens with one attached hydrogen (secondary N) is 7. The summed E-state index contributed by atoms with van der Waals surface area (Å²) in [4.78, 5) is 143. The number of carboxylic acid groups (broad SMARTS) is 2. The van der Waals surface area contributed by atoms with Gasteiger partial charge in [-0.1, -0.05) is 62.4 Å². The van der Waals surface area contributed by atoms with E-state index in [4.69, 9.17) is 17.2 Å². The number of amides is 8. The predicted molar refractivity (Wildman–Crippen MR) is 320 cm³/mol. The van der Waals surface area contributed by atoms with Gasteiger partial charge in [-0.3, -0.25) is 48.1 Å². The molecule has 29 heteroatoms. The molecule has 4 aromatic carbocycles. The summed E-state index contributed by atoms with van der Waals surface area (Å²) in [7, 11) is 0. The van der Waals surface area contributed by atoms with Crippen LogP contribution in [0.15, 0.2) is 102 Å². The van der Waals surface area contributed by atoms with E-state index in [1.807, 2.05) is 0 Å². The van der Waals surface area contributed by atoms with Crippen molar-refractivity contribution in [2.45, 2.75) is 132 Å². The molecule has 1 aliphatic rings. The molecule has 4 aromatic rings. The molecule has 1 heterocycles. The maximum atomic E-state index is 14.9. The number of carbonyl (C=O) groups is 10. The Morgan fingerprint density at radius 1 is 0.528 bits per heavy atom. The molecule has 1 saturated heterocycles. The molecule has 9 atom stereocenters. The number of aromatic hydroxyl groups is 4. The number of phenolic OH excluding ortho intramolecular Hbond substituents is 4. The van der Waals surface area contributed by atoms with Crippen molar-refractivity contribution in [2.75, 3.05) is 19.7 Å². The van der Waals surface area contributed by atoms with Crippen LogP contribution in [0.3, 0.4) is 0 Å². The fourth-order valence-electron chi connectivity index (χ4n) is 9.61. The van der Waals surface area contributed by atoms with Crippen LogP contribution in [0.4, 0.5) is 0 Å². The summed E-state index contributed by atoms with van der Waals surface area (Å²) in [6.07, 6.45) is -1.88. The third kappa shape index (κ3) is 22.3. The number of hydrogen-bond donors (Lipinski definition) is 17. The fourth-order valence-corrected chi connectivity index (χ4v) is 9.61. The van der Waals surface area contributed by atoms with Gasteiger partial charge in [-0.15, -0.1) is 0 Å². The van der Waals surface area contributed by atoms with E-state index in [1.165, 1.54) is 84.9 Å². The molecule has 480 valence electrons. The van der Waals surface area contributed by atoms with E-state index in [9.17, 15) is 83.7 Å². The first kappa shape index (κ1) is 69.7. The number of aliphatic hydroxyl groups is 1. The van der Waals surface area contributed by atoms with Crippen LogP contribution in [-0.2, 0) is 73.6 Å². The Kier molecular flexibility index (Phi) is 26.5. The molecule has 1 aliphatic heterocycles. The lowest BCUT2D eigenvalue weighted by molar-refractivity contribution is -0.143. The highest BCUT2D eigenvalue weighted by Crippen LogP contribution is 2.22. The molecule has 0 bridgehead atoms. The number of likely N-dealkylation sites (tertiary alicyclic amines) is 1. The Morgan fingerprint density at radius 2 is 0.944 bits per heavy atom. The number of nitrogens with two attached hydrogens (primary N) is 3. The molecule has 89 heavy (non-hydrogen) atoms. The SMILES string of the molecule is CC(C)[C@H](NC(=O)[C@@H](N)Cc1ccc(O)cc1)C(=O)N[C@@H](Cc1ccc(O)cc1)C(=O)N[C@@H](CCC(=O)O)C(=O)N[C@@H](Cc1ccc(O)cc1)C(=O)N1CCC[C@H]1C(=O)N[C@@H](CO)C(=O)N[C@@H](CCCN=C(N)N)C(=O)N[C@@H](Cc1ccc(O)cc1)C(=O)O. The van der Waals surface area contributed by atoms with Gasteiger partial charge >= 0.3 is 11.9 Å². The zero-order valence-electron chi connectivity index (χ0n) is 49.0. The highest BCUT2D eigenvalue weighted by atomic mass is 16.4. The van der Waals surface area contributed by atoms with E-state index in [2.05, 4.69) is 42.2 Å². The molecule has 20 N–H and O–H groups in total. The number of rotatable bonds is 33. The van der Waals surface area contributed by atoms with Crippen molar-refractivity contribution in [3.8, 4) is 23.0 Å². The van der Waals surface area contributed by atoms with Gasteiger partial charge in [-0.25, -0.2) is 4.79 Å². The molecule has 29 nitrogen and oxygen atoms in total. The van der Waals surface area contributed by atoms with E-state index in [0.717, 1.165) is 4.90 Å². The summed E-state index contributed by atoms with van der Waals surface area (Å²) in [5, 5.41) is 87.4. The average Bonchev–Trinajstić information content (AvgIpc) is 2.47. The van der Waals surface area contributed by atoms with E-state index >= 15 is 0 Å². The van der Waals surface area contributed by atoms with Crippen LogP contribution in [0, 0.1) is 5.92 Å². The number of carboxylic acids is 2. The van der Waals surface area contributed by atoms with Crippen LogP contribution in [0.5, 0.6) is 23.0 Å². The molecule has 8 amide bonds. The Balaban J connectivity index is 1.36. The fraction of sp³-hybridized carbons (Fsp3) is 0.417. The molecular weight excluding hydrogens is 1160 g/mol. The largest absolute Gasteiger partial charge is 0.508 e. The normalized spacial score (nSPS) is 15.5. The molecule has 1 fully saturated rings. The summed E-state index contributed by atoms with van der Waals surface area (Å²) in [6, 6.07) is 9.29. The Hall–Kier alpha value is -10.0. The lowest BCUT2D eigenvalue weighted by atomic mass is 9.99. The summed E-state index contributed by atoms with van der Waals surface area (Å²) in [5.74, 6) is -11.5. The molecule has 0 unspecified atom stereocenters. The number of phenols is 4. The van der Waals surface area contributed by atoms with Crippen molar-refractivity contribution in [1.82, 2.24) is 42.1 Å². The van der Waals surface area contributed by atoms with Crippen molar-refractivity contribution in [2.24, 2.45) is 28.1 Å². The molecule has 0 aliphatic carbocycles. The first-order valence-corrected chi connectivity index (χ1v) is 28.6. The van der Waals surface area contributed by atoms with Gasteiger partial charge in [0.15, 0.2) is 5.96 Å². The van der Waals surface area contributed by atoms with Crippen LogP contribution in [0.1, 0.15) is 74.6 Å². The zero-order chi connectivity index (χ0) is 65.5. The van der Waals surface area contributed by atoms with Crippen LogP contribution >= 0.6 is 0 Å². The van der Waals surface area contributed by atoms with Gasteiger partial charge in [0.1, 0.15) is 71.3 Å². The maximum Gasteiger partial charge on any atom is 0.326 e. The van der Waals surface area contributed by atoms with Crippen LogP contribution in [0.25, 0.3) is 0 Å². The minimum absolute atomic E-state index is 0.0000194. The number of hydrogen-bond acceptors (Lipinski definition) is 17. The van der Waals surface area contributed by atoms with Gasteiger partial charge in [-0.05, 0) is 115 Å². The van der Waals surface area contributed by atoms with Gasteiger partial charge < -0.3 is 95.1 Å².